The lowest BCUT2D eigenvalue weighted by molar-refractivity contribution is 0.458. The molecule has 0 aliphatic carbocycles. The minimum Gasteiger partial charge on any atom is -0.435 e. The van der Waals surface area contributed by atoms with Crippen molar-refractivity contribution in [3.63, 3.8) is 0 Å². The molecule has 0 aliphatic heterocycles. The summed E-state index contributed by atoms with van der Waals surface area (Å²) in [5, 5.41) is 0. The Balaban J connectivity index is 2.40. The van der Waals surface area contributed by atoms with Crippen LogP contribution in [-0.2, 0) is 0 Å². The number of nitrogens with zero attached hydrogens (tertiary/aromatic N) is 1. The molecule has 0 amide bonds. The maximum absolute atomic E-state index is 5.92. The quantitative estimate of drug-likeness (QED) is 0.815. The van der Waals surface area contributed by atoms with Gasteiger partial charge in [-0.05, 0) is 52.7 Å². The molecule has 0 saturated heterocycles. The van der Waals surface area contributed by atoms with Crippen LogP contribution in [-0.4, -0.2) is 4.98 Å². The molecule has 3 nitrogen and oxygen atoms in total. The van der Waals surface area contributed by atoms with Crippen LogP contribution in [0.25, 0.3) is 0 Å². The molecule has 0 bridgehead atoms. The number of nitrogen functional groups attached to an aromatic ring is 1. The lowest BCUT2D eigenvalue weighted by Crippen LogP contribution is -1.96. The van der Waals surface area contributed by atoms with Crippen LogP contribution < -0.4 is 10.5 Å². The molecule has 0 aliphatic rings. The van der Waals surface area contributed by atoms with Crippen LogP contribution in [0.4, 0.5) is 5.69 Å². The predicted molar refractivity (Wildman–Crippen MR) is 75.3 cm³/mol. The van der Waals surface area contributed by atoms with Crippen LogP contribution in [0.1, 0.15) is 5.56 Å². The van der Waals surface area contributed by atoms with Crippen molar-refractivity contribution in [2.24, 2.45) is 0 Å². The van der Waals surface area contributed by atoms with Crippen molar-refractivity contribution in [2.75, 3.05) is 5.73 Å². The van der Waals surface area contributed by atoms with Gasteiger partial charge in [-0.3, -0.25) is 0 Å². The molecule has 0 atom stereocenters. The van der Waals surface area contributed by atoms with Crippen molar-refractivity contribution in [3.8, 4) is 11.6 Å². The van der Waals surface area contributed by atoms with Gasteiger partial charge in [-0.15, -0.1) is 0 Å². The molecule has 0 saturated carbocycles. The first-order valence-corrected chi connectivity index (χ1v) is 6.50. The smallest absolute Gasteiger partial charge is 0.233 e. The second-order valence-electron chi connectivity index (χ2n) is 3.53. The normalized spacial score (nSPS) is 10.3. The minimum atomic E-state index is 0.504. The lowest BCUT2D eigenvalue weighted by atomic mass is 10.2. The lowest BCUT2D eigenvalue weighted by Gasteiger charge is -2.12. The Morgan fingerprint density at radius 1 is 1.29 bits per heavy atom. The molecular weight excluding hydrogens is 348 g/mol. The Hall–Kier alpha value is -1.07. The van der Waals surface area contributed by atoms with Gasteiger partial charge in [0.05, 0.1) is 10.2 Å². The number of rotatable bonds is 2. The number of ether oxygens (including phenoxy) is 1. The highest BCUT2D eigenvalue weighted by molar-refractivity contribution is 9.10. The van der Waals surface area contributed by atoms with Crippen molar-refractivity contribution in [3.05, 3.63) is 45.0 Å². The zero-order valence-corrected chi connectivity index (χ0v) is 12.2. The van der Waals surface area contributed by atoms with E-state index < -0.39 is 0 Å². The first kappa shape index (κ1) is 12.4. The maximum Gasteiger partial charge on any atom is 0.233 e. The fraction of sp³-hybridized carbons (Fsp3) is 0.0833. The molecule has 1 aromatic carbocycles. The molecule has 1 aromatic heterocycles. The number of pyridine rings is 1. The van der Waals surface area contributed by atoms with Crippen LogP contribution in [0.2, 0.25) is 0 Å². The monoisotopic (exact) mass is 356 g/mol. The molecule has 1 heterocycles. The fourth-order valence-corrected chi connectivity index (χ4v) is 2.36. The zero-order chi connectivity index (χ0) is 12.4. The van der Waals surface area contributed by atoms with Gasteiger partial charge in [0.2, 0.25) is 5.88 Å². The van der Waals surface area contributed by atoms with E-state index in [1.807, 2.05) is 25.1 Å². The highest BCUT2D eigenvalue weighted by Crippen LogP contribution is 2.35. The average molecular weight is 358 g/mol. The highest BCUT2D eigenvalue weighted by atomic mass is 79.9. The topological polar surface area (TPSA) is 48.1 Å². The van der Waals surface area contributed by atoms with Gasteiger partial charge in [0.1, 0.15) is 0 Å². The van der Waals surface area contributed by atoms with E-state index >= 15 is 0 Å². The predicted octanol–water partition coefficient (Wildman–Crippen LogP) is 4.29. The number of anilines is 1. The van der Waals surface area contributed by atoms with E-state index in [0.29, 0.717) is 17.3 Å². The number of benzene rings is 1. The highest BCUT2D eigenvalue weighted by Gasteiger charge is 2.10. The van der Waals surface area contributed by atoms with Crippen molar-refractivity contribution < 1.29 is 4.74 Å². The molecule has 17 heavy (non-hydrogen) atoms. The van der Waals surface area contributed by atoms with Crippen molar-refractivity contribution in [2.45, 2.75) is 6.92 Å². The molecule has 0 spiro atoms. The van der Waals surface area contributed by atoms with Crippen LogP contribution >= 0.6 is 31.9 Å². The summed E-state index contributed by atoms with van der Waals surface area (Å²) in [6.45, 7) is 1.94. The van der Waals surface area contributed by atoms with Crippen LogP contribution in [0.3, 0.4) is 0 Å². The fourth-order valence-electron chi connectivity index (χ4n) is 1.44. The molecule has 5 heteroatoms. The second kappa shape index (κ2) is 5.06. The Morgan fingerprint density at radius 2 is 2.06 bits per heavy atom. The largest absolute Gasteiger partial charge is 0.435 e. The summed E-state index contributed by atoms with van der Waals surface area (Å²) in [6.07, 6.45) is 1.67. The van der Waals surface area contributed by atoms with Gasteiger partial charge in [-0.25, -0.2) is 4.98 Å². The molecule has 0 radical (unpaired) electrons. The molecular formula is C12H10Br2N2O. The van der Waals surface area contributed by atoms with Gasteiger partial charge in [-0.1, -0.05) is 15.9 Å². The van der Waals surface area contributed by atoms with Gasteiger partial charge in [0.15, 0.2) is 5.75 Å². The number of hydrogen-bond donors (Lipinski definition) is 1. The van der Waals surface area contributed by atoms with E-state index in [4.69, 9.17) is 10.5 Å². The summed E-state index contributed by atoms with van der Waals surface area (Å²) in [5.74, 6) is 1.14. The second-order valence-corrected chi connectivity index (χ2v) is 5.30. The van der Waals surface area contributed by atoms with E-state index in [9.17, 15) is 0 Å². The first-order chi connectivity index (χ1) is 8.08. The minimum absolute atomic E-state index is 0.504. The third-order valence-corrected chi connectivity index (χ3v) is 3.25. The first-order valence-electron chi connectivity index (χ1n) is 4.92. The van der Waals surface area contributed by atoms with Crippen LogP contribution in [0.5, 0.6) is 11.6 Å². The number of halogens is 2. The standard InChI is InChI=1S/C12H10Br2N2O/c1-7-5-8(13)6-10(15)11(7)17-12-9(14)3-2-4-16-12/h2-6H,15H2,1H3. The summed E-state index contributed by atoms with van der Waals surface area (Å²) in [5.41, 5.74) is 7.45. The van der Waals surface area contributed by atoms with E-state index in [-0.39, 0.29) is 0 Å². The molecule has 88 valence electrons. The van der Waals surface area contributed by atoms with Gasteiger partial charge in [0, 0.05) is 10.7 Å². The van der Waals surface area contributed by atoms with Gasteiger partial charge >= 0.3 is 0 Å². The molecule has 0 fully saturated rings. The molecule has 2 rings (SSSR count). The van der Waals surface area contributed by atoms with Crippen LogP contribution in [0.15, 0.2) is 39.4 Å². The number of hydrogen-bond acceptors (Lipinski definition) is 3. The third-order valence-electron chi connectivity index (χ3n) is 2.19. The Morgan fingerprint density at radius 3 is 2.71 bits per heavy atom. The van der Waals surface area contributed by atoms with E-state index in [1.54, 1.807) is 12.3 Å². The van der Waals surface area contributed by atoms with Gasteiger partial charge in [-0.2, -0.15) is 0 Å². The van der Waals surface area contributed by atoms with Crippen molar-refractivity contribution in [1.82, 2.24) is 4.98 Å². The van der Waals surface area contributed by atoms with Crippen molar-refractivity contribution >= 4 is 37.5 Å². The number of nitrogens with two attached hydrogens (primary N) is 1. The number of aromatic nitrogens is 1. The molecule has 2 aromatic rings. The zero-order valence-electron chi connectivity index (χ0n) is 9.08. The van der Waals surface area contributed by atoms with E-state index in [1.165, 1.54) is 0 Å². The summed E-state index contributed by atoms with van der Waals surface area (Å²) < 4.78 is 7.45. The SMILES string of the molecule is Cc1cc(Br)cc(N)c1Oc1ncccc1Br. The third kappa shape index (κ3) is 2.79. The molecule has 2 N–H and O–H groups in total. The van der Waals surface area contributed by atoms with Crippen LogP contribution in [0, 0.1) is 6.92 Å². The Kier molecular flexibility index (Phi) is 3.69. The van der Waals surface area contributed by atoms with Gasteiger partial charge < -0.3 is 10.5 Å². The van der Waals surface area contributed by atoms with Gasteiger partial charge in [0.25, 0.3) is 0 Å². The van der Waals surface area contributed by atoms with E-state index in [0.717, 1.165) is 14.5 Å². The summed E-state index contributed by atoms with van der Waals surface area (Å²) in [7, 11) is 0. The summed E-state index contributed by atoms with van der Waals surface area (Å²) in [6, 6.07) is 7.45. The Labute approximate surface area is 116 Å². The van der Waals surface area contributed by atoms with E-state index in [2.05, 4.69) is 36.8 Å². The average Bonchev–Trinajstić information content (AvgIpc) is 2.25. The van der Waals surface area contributed by atoms with Crippen molar-refractivity contribution in [1.29, 1.82) is 0 Å². The summed E-state index contributed by atoms with van der Waals surface area (Å²) >= 11 is 6.77. The summed E-state index contributed by atoms with van der Waals surface area (Å²) in [4.78, 5) is 4.14. The molecule has 0 unspecified atom stereocenters. The Bertz CT molecular complexity index is 535. The number of aryl methyl sites for hydroxylation is 1. The maximum atomic E-state index is 5.92.